The van der Waals surface area contributed by atoms with E-state index in [9.17, 15) is 0 Å². The Bertz CT molecular complexity index is 607. The molecule has 0 amide bonds. The fraction of sp³-hybridized carbons (Fsp3) is 0.375. The zero-order valence-electron chi connectivity index (χ0n) is 11.7. The summed E-state index contributed by atoms with van der Waals surface area (Å²) in [6, 6.07) is 10.7. The Morgan fingerprint density at radius 2 is 2.05 bits per heavy atom. The maximum absolute atomic E-state index is 6.07. The van der Waals surface area contributed by atoms with Crippen molar-refractivity contribution in [3.05, 3.63) is 50.8 Å². The molecule has 0 saturated heterocycles. The van der Waals surface area contributed by atoms with Gasteiger partial charge in [0.05, 0.1) is 10.5 Å². The van der Waals surface area contributed by atoms with Gasteiger partial charge in [0.25, 0.3) is 0 Å². The smallest absolute Gasteiger partial charge is 0.183 e. The highest BCUT2D eigenvalue weighted by molar-refractivity contribution is 9.13. The van der Waals surface area contributed by atoms with E-state index in [4.69, 9.17) is 10.2 Å². The molecule has 1 aliphatic heterocycles. The fourth-order valence-electron chi connectivity index (χ4n) is 2.97. The second-order valence-corrected chi connectivity index (χ2v) is 6.88. The van der Waals surface area contributed by atoms with Crippen molar-refractivity contribution < 1.29 is 4.42 Å². The summed E-state index contributed by atoms with van der Waals surface area (Å²) in [7, 11) is 0. The summed E-state index contributed by atoms with van der Waals surface area (Å²) in [6.07, 6.45) is 3.53. The summed E-state index contributed by atoms with van der Waals surface area (Å²) < 4.78 is 7.48. The van der Waals surface area contributed by atoms with Crippen molar-refractivity contribution in [3.8, 4) is 0 Å². The highest BCUT2D eigenvalue weighted by Gasteiger charge is 2.26. The molecule has 3 rings (SSSR count). The molecule has 1 unspecified atom stereocenters. The van der Waals surface area contributed by atoms with Gasteiger partial charge in [0, 0.05) is 18.8 Å². The van der Waals surface area contributed by atoms with Gasteiger partial charge < -0.3 is 15.1 Å². The summed E-state index contributed by atoms with van der Waals surface area (Å²) in [5.74, 6) is 0.896. The van der Waals surface area contributed by atoms with Crippen LogP contribution in [0, 0.1) is 0 Å². The van der Waals surface area contributed by atoms with Crippen molar-refractivity contribution >= 4 is 37.5 Å². The Hall–Kier alpha value is -0.780. The molecule has 1 atom stereocenters. The first-order chi connectivity index (χ1) is 10.2. The van der Waals surface area contributed by atoms with Gasteiger partial charge in [-0.2, -0.15) is 0 Å². The van der Waals surface area contributed by atoms with E-state index in [1.54, 1.807) is 0 Å². The van der Waals surface area contributed by atoms with Crippen LogP contribution in [0.15, 0.2) is 43.9 Å². The van der Waals surface area contributed by atoms with Crippen LogP contribution in [0.25, 0.3) is 0 Å². The number of hydrogen-bond donors (Lipinski definition) is 1. The summed E-state index contributed by atoms with van der Waals surface area (Å²) in [5.41, 5.74) is 8.76. The highest BCUT2D eigenvalue weighted by atomic mass is 79.9. The standard InChI is InChI=1S/C16H18Br2N2O/c17-12-9-15(21-16(12)18)14(10-19)20-8-4-3-6-11-5-1-2-7-13(11)20/h1-2,5,7,9,14H,3-4,6,8,10,19H2. The molecule has 0 bridgehead atoms. The second-order valence-electron chi connectivity index (χ2n) is 5.30. The molecule has 0 aliphatic carbocycles. The van der Waals surface area contributed by atoms with Crippen molar-refractivity contribution in [1.82, 2.24) is 0 Å². The lowest BCUT2D eigenvalue weighted by Gasteiger charge is -2.31. The molecule has 2 heterocycles. The molecule has 1 aliphatic rings. The number of halogens is 2. The number of anilines is 1. The average Bonchev–Trinajstić information content (AvgIpc) is 2.71. The van der Waals surface area contributed by atoms with E-state index in [2.05, 4.69) is 61.0 Å². The van der Waals surface area contributed by atoms with Crippen LogP contribution in [0.3, 0.4) is 0 Å². The Morgan fingerprint density at radius 1 is 1.24 bits per heavy atom. The van der Waals surface area contributed by atoms with Crippen molar-refractivity contribution in [2.75, 3.05) is 18.0 Å². The predicted molar refractivity (Wildman–Crippen MR) is 92.6 cm³/mol. The lowest BCUT2D eigenvalue weighted by atomic mass is 10.1. The van der Waals surface area contributed by atoms with Gasteiger partial charge in [-0.15, -0.1) is 0 Å². The number of rotatable bonds is 3. The number of para-hydroxylation sites is 1. The van der Waals surface area contributed by atoms with Crippen LogP contribution in [-0.4, -0.2) is 13.1 Å². The fourth-order valence-corrected chi connectivity index (χ4v) is 3.58. The van der Waals surface area contributed by atoms with Crippen LogP contribution in [0.2, 0.25) is 0 Å². The first-order valence-corrected chi connectivity index (χ1v) is 8.78. The van der Waals surface area contributed by atoms with Crippen molar-refractivity contribution in [1.29, 1.82) is 0 Å². The van der Waals surface area contributed by atoms with E-state index in [0.717, 1.165) is 27.9 Å². The SMILES string of the molecule is NCC(c1cc(Br)c(Br)o1)N1CCCCc2ccccc21. The van der Waals surface area contributed by atoms with Crippen LogP contribution < -0.4 is 10.6 Å². The quantitative estimate of drug-likeness (QED) is 0.796. The minimum atomic E-state index is 0.0619. The van der Waals surface area contributed by atoms with E-state index in [0.29, 0.717) is 6.54 Å². The van der Waals surface area contributed by atoms with E-state index in [1.807, 2.05) is 6.07 Å². The lowest BCUT2D eigenvalue weighted by Crippen LogP contribution is -2.34. The molecule has 21 heavy (non-hydrogen) atoms. The molecular formula is C16H18Br2N2O. The maximum atomic E-state index is 6.07. The molecule has 0 saturated carbocycles. The van der Waals surface area contributed by atoms with Gasteiger partial charge in [-0.25, -0.2) is 0 Å². The van der Waals surface area contributed by atoms with Gasteiger partial charge in [-0.05, 0) is 68.8 Å². The topological polar surface area (TPSA) is 42.4 Å². The van der Waals surface area contributed by atoms with Crippen LogP contribution in [0.5, 0.6) is 0 Å². The van der Waals surface area contributed by atoms with Gasteiger partial charge in [0.15, 0.2) is 4.67 Å². The molecule has 1 aromatic heterocycles. The van der Waals surface area contributed by atoms with E-state index in [-0.39, 0.29) is 6.04 Å². The Morgan fingerprint density at radius 3 is 2.76 bits per heavy atom. The van der Waals surface area contributed by atoms with Crippen molar-refractivity contribution in [2.24, 2.45) is 5.73 Å². The summed E-state index contributed by atoms with van der Waals surface area (Å²) in [5, 5.41) is 0. The number of hydrogen-bond acceptors (Lipinski definition) is 3. The van der Waals surface area contributed by atoms with Gasteiger partial charge in [0.2, 0.25) is 0 Å². The molecule has 1 aromatic carbocycles. The van der Waals surface area contributed by atoms with Crippen LogP contribution in [0.1, 0.15) is 30.2 Å². The average molecular weight is 414 g/mol. The van der Waals surface area contributed by atoms with E-state index >= 15 is 0 Å². The van der Waals surface area contributed by atoms with Crippen molar-refractivity contribution in [3.63, 3.8) is 0 Å². The van der Waals surface area contributed by atoms with Gasteiger partial charge >= 0.3 is 0 Å². The number of benzene rings is 1. The van der Waals surface area contributed by atoms with Gasteiger partial charge in [-0.1, -0.05) is 18.2 Å². The number of nitrogens with zero attached hydrogens (tertiary/aromatic N) is 1. The molecule has 2 N–H and O–H groups in total. The first kappa shape index (κ1) is 15.1. The van der Waals surface area contributed by atoms with Gasteiger partial charge in [0.1, 0.15) is 5.76 Å². The maximum Gasteiger partial charge on any atom is 0.183 e. The molecule has 2 aromatic rings. The van der Waals surface area contributed by atoms with E-state index in [1.165, 1.54) is 24.1 Å². The minimum absolute atomic E-state index is 0.0619. The molecule has 5 heteroatoms. The lowest BCUT2D eigenvalue weighted by molar-refractivity contribution is 0.434. The largest absolute Gasteiger partial charge is 0.451 e. The third-order valence-electron chi connectivity index (χ3n) is 3.99. The summed E-state index contributed by atoms with van der Waals surface area (Å²) >= 11 is 6.90. The minimum Gasteiger partial charge on any atom is -0.451 e. The zero-order valence-corrected chi connectivity index (χ0v) is 14.9. The van der Waals surface area contributed by atoms with Crippen LogP contribution >= 0.6 is 31.9 Å². The Kier molecular flexibility index (Phi) is 4.72. The predicted octanol–water partition coefficient (Wildman–Crippen LogP) is 4.65. The van der Waals surface area contributed by atoms with Crippen molar-refractivity contribution in [2.45, 2.75) is 25.3 Å². The molecule has 0 spiro atoms. The Balaban J connectivity index is 2.00. The molecule has 112 valence electrons. The number of fused-ring (bicyclic) bond motifs is 1. The molecule has 0 radical (unpaired) electrons. The third kappa shape index (κ3) is 3.05. The molecular weight excluding hydrogens is 396 g/mol. The first-order valence-electron chi connectivity index (χ1n) is 7.20. The van der Waals surface area contributed by atoms with Crippen LogP contribution in [0.4, 0.5) is 5.69 Å². The molecule has 0 fully saturated rings. The second kappa shape index (κ2) is 6.55. The van der Waals surface area contributed by atoms with Gasteiger partial charge in [-0.3, -0.25) is 0 Å². The Labute approximate surface area is 141 Å². The number of aryl methyl sites for hydroxylation is 1. The molecule has 3 nitrogen and oxygen atoms in total. The van der Waals surface area contributed by atoms with Crippen LogP contribution in [-0.2, 0) is 6.42 Å². The third-order valence-corrected chi connectivity index (χ3v) is 5.70. The summed E-state index contributed by atoms with van der Waals surface area (Å²) in [4.78, 5) is 2.39. The van der Waals surface area contributed by atoms with E-state index < -0.39 is 0 Å². The number of furan rings is 1. The normalized spacial score (nSPS) is 16.4. The zero-order chi connectivity index (χ0) is 14.8. The summed E-state index contributed by atoms with van der Waals surface area (Å²) in [6.45, 7) is 1.54. The number of nitrogens with two attached hydrogens (primary N) is 1. The highest BCUT2D eigenvalue weighted by Crippen LogP contribution is 2.36. The monoisotopic (exact) mass is 412 g/mol.